The summed E-state index contributed by atoms with van der Waals surface area (Å²) < 4.78 is 5.62. The zero-order valence-electron chi connectivity index (χ0n) is 6.27. The molecule has 0 bridgehead atoms. The molecule has 62 valence electrons. The highest BCUT2D eigenvalue weighted by atomic mass is 79.9. The number of hydrogen-bond acceptors (Lipinski definition) is 2. The summed E-state index contributed by atoms with van der Waals surface area (Å²) in [7, 11) is 1.53. The number of hydrogen-bond donors (Lipinski definition) is 0. The average molecular weight is 246 g/mol. The van der Waals surface area contributed by atoms with Gasteiger partial charge in [-0.2, -0.15) is 5.26 Å². The van der Waals surface area contributed by atoms with Crippen LogP contribution in [0.2, 0.25) is 5.02 Å². The lowest BCUT2D eigenvalue weighted by Crippen LogP contribution is -1.87. The SMILES string of the molecule is COc1cc(Cl)cc(C#N)c1Br. The van der Waals surface area contributed by atoms with Gasteiger partial charge in [0, 0.05) is 5.02 Å². The van der Waals surface area contributed by atoms with E-state index in [0.717, 1.165) is 0 Å². The van der Waals surface area contributed by atoms with Gasteiger partial charge in [0.1, 0.15) is 11.8 Å². The summed E-state index contributed by atoms with van der Waals surface area (Å²) in [5.74, 6) is 0.569. The maximum atomic E-state index is 8.67. The van der Waals surface area contributed by atoms with Crippen LogP contribution in [0.3, 0.4) is 0 Å². The highest BCUT2D eigenvalue weighted by molar-refractivity contribution is 9.10. The Morgan fingerprint density at radius 3 is 2.75 bits per heavy atom. The minimum absolute atomic E-state index is 0.472. The summed E-state index contributed by atoms with van der Waals surface area (Å²) in [5.41, 5.74) is 0.472. The van der Waals surface area contributed by atoms with Crippen molar-refractivity contribution in [1.29, 1.82) is 5.26 Å². The van der Waals surface area contributed by atoms with Gasteiger partial charge in [-0.1, -0.05) is 11.6 Å². The fraction of sp³-hybridized carbons (Fsp3) is 0.125. The lowest BCUT2D eigenvalue weighted by Gasteiger charge is -2.04. The molecule has 1 aromatic rings. The zero-order valence-corrected chi connectivity index (χ0v) is 8.61. The van der Waals surface area contributed by atoms with Crippen LogP contribution in [0, 0.1) is 11.3 Å². The molecule has 12 heavy (non-hydrogen) atoms. The Morgan fingerprint density at radius 1 is 1.58 bits per heavy atom. The van der Waals surface area contributed by atoms with Gasteiger partial charge in [-0.3, -0.25) is 0 Å². The second kappa shape index (κ2) is 3.79. The first kappa shape index (κ1) is 9.37. The van der Waals surface area contributed by atoms with E-state index in [1.54, 1.807) is 12.1 Å². The van der Waals surface area contributed by atoms with Gasteiger partial charge in [-0.15, -0.1) is 0 Å². The summed E-state index contributed by atoms with van der Waals surface area (Å²) >= 11 is 8.96. The van der Waals surface area contributed by atoms with Crippen molar-refractivity contribution in [2.45, 2.75) is 0 Å². The summed E-state index contributed by atoms with van der Waals surface area (Å²) in [5, 5.41) is 9.16. The van der Waals surface area contributed by atoms with Crippen LogP contribution in [0.5, 0.6) is 5.75 Å². The molecule has 0 aliphatic heterocycles. The molecule has 2 nitrogen and oxygen atoms in total. The van der Waals surface area contributed by atoms with Crippen molar-refractivity contribution in [2.75, 3.05) is 7.11 Å². The van der Waals surface area contributed by atoms with Crippen molar-refractivity contribution < 1.29 is 4.74 Å². The first-order valence-electron chi connectivity index (χ1n) is 3.12. The van der Waals surface area contributed by atoms with Crippen LogP contribution in [-0.2, 0) is 0 Å². The van der Waals surface area contributed by atoms with Crippen molar-refractivity contribution in [3.63, 3.8) is 0 Å². The number of halogens is 2. The zero-order chi connectivity index (χ0) is 9.14. The van der Waals surface area contributed by atoms with Crippen molar-refractivity contribution in [3.05, 3.63) is 27.2 Å². The molecule has 0 radical (unpaired) electrons. The normalized spacial score (nSPS) is 9.17. The highest BCUT2D eigenvalue weighted by Crippen LogP contribution is 2.31. The number of benzene rings is 1. The van der Waals surface area contributed by atoms with E-state index >= 15 is 0 Å². The maximum Gasteiger partial charge on any atom is 0.135 e. The summed E-state index contributed by atoms with van der Waals surface area (Å²) in [4.78, 5) is 0. The van der Waals surface area contributed by atoms with Gasteiger partial charge in [0.05, 0.1) is 17.1 Å². The molecule has 0 spiro atoms. The van der Waals surface area contributed by atoms with Crippen molar-refractivity contribution in [2.24, 2.45) is 0 Å². The summed E-state index contributed by atoms with van der Waals surface area (Å²) in [6.07, 6.45) is 0. The number of nitrogens with zero attached hydrogens (tertiary/aromatic N) is 1. The molecule has 0 fully saturated rings. The van der Waals surface area contributed by atoms with E-state index in [1.807, 2.05) is 6.07 Å². The van der Waals surface area contributed by atoms with Crippen LogP contribution in [0.25, 0.3) is 0 Å². The third-order valence-corrected chi connectivity index (χ3v) is 2.38. The molecule has 0 aromatic heterocycles. The van der Waals surface area contributed by atoms with E-state index in [4.69, 9.17) is 21.6 Å². The Bertz CT molecular complexity index is 346. The van der Waals surface area contributed by atoms with Crippen LogP contribution in [0.15, 0.2) is 16.6 Å². The van der Waals surface area contributed by atoms with E-state index in [9.17, 15) is 0 Å². The predicted molar refractivity (Wildman–Crippen MR) is 50.4 cm³/mol. The van der Waals surface area contributed by atoms with E-state index < -0.39 is 0 Å². The Labute approximate surface area is 83.8 Å². The Morgan fingerprint density at radius 2 is 2.25 bits per heavy atom. The molecule has 1 aromatic carbocycles. The van der Waals surface area contributed by atoms with Crippen LogP contribution in [0.4, 0.5) is 0 Å². The van der Waals surface area contributed by atoms with Gasteiger partial charge in [0.25, 0.3) is 0 Å². The molecule has 0 aliphatic carbocycles. The predicted octanol–water partition coefficient (Wildman–Crippen LogP) is 2.98. The van der Waals surface area contributed by atoms with Crippen LogP contribution >= 0.6 is 27.5 Å². The molecule has 4 heteroatoms. The van der Waals surface area contributed by atoms with Gasteiger partial charge in [0.2, 0.25) is 0 Å². The molecule has 0 aliphatic rings. The molecule has 1 rings (SSSR count). The van der Waals surface area contributed by atoms with Gasteiger partial charge in [0.15, 0.2) is 0 Å². The van der Waals surface area contributed by atoms with E-state index in [2.05, 4.69) is 15.9 Å². The average Bonchev–Trinajstić information content (AvgIpc) is 2.08. The van der Waals surface area contributed by atoms with Crippen molar-refractivity contribution in [3.8, 4) is 11.8 Å². The number of methoxy groups -OCH3 is 1. The maximum absolute atomic E-state index is 8.67. The van der Waals surface area contributed by atoms with Crippen LogP contribution < -0.4 is 4.74 Å². The van der Waals surface area contributed by atoms with Gasteiger partial charge >= 0.3 is 0 Å². The standard InChI is InChI=1S/C8H5BrClNO/c1-12-7-3-6(10)2-5(4-11)8(7)9/h2-3H,1H3. The van der Waals surface area contributed by atoms with E-state index in [1.165, 1.54) is 7.11 Å². The summed E-state index contributed by atoms with van der Waals surface area (Å²) in [6.45, 7) is 0. The van der Waals surface area contributed by atoms with Gasteiger partial charge < -0.3 is 4.74 Å². The molecule has 0 unspecified atom stereocenters. The van der Waals surface area contributed by atoms with Gasteiger partial charge in [-0.05, 0) is 28.1 Å². The van der Waals surface area contributed by atoms with Crippen molar-refractivity contribution in [1.82, 2.24) is 0 Å². The van der Waals surface area contributed by atoms with E-state index in [-0.39, 0.29) is 0 Å². The lowest BCUT2D eigenvalue weighted by atomic mass is 10.2. The van der Waals surface area contributed by atoms with Gasteiger partial charge in [-0.25, -0.2) is 0 Å². The van der Waals surface area contributed by atoms with Crippen LogP contribution in [-0.4, -0.2) is 7.11 Å². The van der Waals surface area contributed by atoms with E-state index in [0.29, 0.717) is 20.8 Å². The summed E-state index contributed by atoms with van der Waals surface area (Å²) in [6, 6.07) is 5.22. The number of ether oxygens (including phenoxy) is 1. The first-order valence-corrected chi connectivity index (χ1v) is 4.29. The first-order chi connectivity index (χ1) is 5.69. The smallest absolute Gasteiger partial charge is 0.135 e. The second-order valence-electron chi connectivity index (χ2n) is 2.08. The monoisotopic (exact) mass is 245 g/mol. The highest BCUT2D eigenvalue weighted by Gasteiger charge is 2.07. The molecule has 0 saturated heterocycles. The van der Waals surface area contributed by atoms with Crippen LogP contribution in [0.1, 0.15) is 5.56 Å². The Balaban J connectivity index is 3.34. The number of rotatable bonds is 1. The molecule has 0 amide bonds. The second-order valence-corrected chi connectivity index (χ2v) is 3.31. The minimum atomic E-state index is 0.472. The largest absolute Gasteiger partial charge is 0.495 e. The minimum Gasteiger partial charge on any atom is -0.495 e. The molecular weight excluding hydrogens is 241 g/mol. The molecule has 0 N–H and O–H groups in total. The third kappa shape index (κ3) is 1.71. The van der Waals surface area contributed by atoms with Crippen molar-refractivity contribution >= 4 is 27.5 Å². The Kier molecular flexibility index (Phi) is 2.96. The number of nitriles is 1. The fourth-order valence-corrected chi connectivity index (χ4v) is 1.48. The molecule has 0 heterocycles. The fourth-order valence-electron chi connectivity index (χ4n) is 0.794. The lowest BCUT2D eigenvalue weighted by molar-refractivity contribution is 0.412. The Hall–Kier alpha value is -0.720. The molecule has 0 atom stereocenters. The third-order valence-electron chi connectivity index (χ3n) is 1.34. The topological polar surface area (TPSA) is 33.0 Å². The molecule has 0 saturated carbocycles. The quantitative estimate of drug-likeness (QED) is 0.763. The molecular formula is C8H5BrClNO.